The molecule has 1 rings (SSSR count). The van der Waals surface area contributed by atoms with Gasteiger partial charge in [-0.3, -0.25) is 0 Å². The fourth-order valence-electron chi connectivity index (χ4n) is 1.37. The molecule has 4 nitrogen and oxygen atoms in total. The maximum Gasteiger partial charge on any atom is 0.128 e. The normalized spacial score (nSPS) is 13.9. The fourth-order valence-corrected chi connectivity index (χ4v) is 1.37. The second kappa shape index (κ2) is 5.47. The van der Waals surface area contributed by atoms with E-state index in [-0.39, 0.29) is 12.1 Å². The molecule has 0 saturated carbocycles. The van der Waals surface area contributed by atoms with Gasteiger partial charge in [0.2, 0.25) is 0 Å². The molecule has 0 aromatic carbocycles. The largest absolute Gasteiger partial charge is 0.356 e. The van der Waals surface area contributed by atoms with Gasteiger partial charge in [-0.15, -0.1) is 0 Å². The Balaban J connectivity index is 2.78. The van der Waals surface area contributed by atoms with Crippen LogP contribution in [0.25, 0.3) is 0 Å². The van der Waals surface area contributed by atoms with Gasteiger partial charge in [-0.25, -0.2) is 4.98 Å². The average Bonchev–Trinajstić information content (AvgIpc) is 2.28. The minimum Gasteiger partial charge on any atom is -0.356 e. The number of rotatable bonds is 4. The smallest absolute Gasteiger partial charge is 0.128 e. The zero-order valence-electron chi connectivity index (χ0n) is 10.0. The van der Waals surface area contributed by atoms with E-state index in [0.29, 0.717) is 6.42 Å². The van der Waals surface area contributed by atoms with E-state index < -0.39 is 0 Å². The predicted octanol–water partition coefficient (Wildman–Crippen LogP) is 1.84. The maximum atomic E-state index is 8.64. The molecular formula is C12H18N4. The van der Waals surface area contributed by atoms with Crippen molar-refractivity contribution in [3.05, 3.63) is 23.9 Å². The van der Waals surface area contributed by atoms with E-state index in [9.17, 15) is 0 Å². The summed E-state index contributed by atoms with van der Waals surface area (Å²) in [6, 6.07) is 6.24. The molecule has 1 heterocycles. The van der Waals surface area contributed by atoms with E-state index in [1.54, 1.807) is 6.20 Å². The lowest BCUT2D eigenvalue weighted by atomic mass is 10.1. The van der Waals surface area contributed by atoms with Crippen molar-refractivity contribution in [2.75, 3.05) is 11.9 Å². The van der Waals surface area contributed by atoms with Gasteiger partial charge < -0.3 is 10.6 Å². The van der Waals surface area contributed by atoms with Crippen LogP contribution in [0.5, 0.6) is 0 Å². The zero-order chi connectivity index (χ0) is 12.1. The Labute approximate surface area is 96.7 Å². The molecule has 0 spiro atoms. The molecule has 2 N–H and O–H groups in total. The van der Waals surface area contributed by atoms with Crippen molar-refractivity contribution in [3.63, 3.8) is 0 Å². The predicted molar refractivity (Wildman–Crippen MR) is 64.9 cm³/mol. The van der Waals surface area contributed by atoms with Gasteiger partial charge in [0.25, 0.3) is 0 Å². The van der Waals surface area contributed by atoms with Crippen molar-refractivity contribution < 1.29 is 0 Å². The molecule has 4 heteroatoms. The van der Waals surface area contributed by atoms with Crippen LogP contribution in [-0.4, -0.2) is 18.1 Å². The van der Waals surface area contributed by atoms with E-state index in [0.717, 1.165) is 11.4 Å². The number of nitrogens with two attached hydrogens (primary N) is 1. The van der Waals surface area contributed by atoms with Gasteiger partial charge in [0.05, 0.1) is 12.5 Å². The highest BCUT2D eigenvalue weighted by Gasteiger charge is 2.10. The Bertz CT molecular complexity index is 364. The summed E-state index contributed by atoms with van der Waals surface area (Å²) in [5.74, 6) is 0.868. The van der Waals surface area contributed by atoms with E-state index >= 15 is 0 Å². The Morgan fingerprint density at radius 2 is 2.19 bits per heavy atom. The van der Waals surface area contributed by atoms with Crippen LogP contribution in [0, 0.1) is 11.3 Å². The Morgan fingerprint density at radius 3 is 2.62 bits per heavy atom. The van der Waals surface area contributed by atoms with Crippen LogP contribution < -0.4 is 10.6 Å². The number of aromatic nitrogens is 1. The highest BCUT2D eigenvalue weighted by molar-refractivity contribution is 5.40. The third-order valence-corrected chi connectivity index (χ3v) is 2.71. The number of anilines is 1. The van der Waals surface area contributed by atoms with Crippen molar-refractivity contribution in [1.29, 1.82) is 5.26 Å². The summed E-state index contributed by atoms with van der Waals surface area (Å²) in [7, 11) is 1.94. The molecule has 1 unspecified atom stereocenters. The topological polar surface area (TPSA) is 65.9 Å². The molecule has 1 aromatic rings. The van der Waals surface area contributed by atoms with E-state index in [1.165, 1.54) is 0 Å². The second-order valence-corrected chi connectivity index (χ2v) is 4.06. The molecule has 0 aliphatic rings. The Kier molecular flexibility index (Phi) is 4.27. The van der Waals surface area contributed by atoms with Crippen LogP contribution in [0.15, 0.2) is 18.3 Å². The van der Waals surface area contributed by atoms with Crippen molar-refractivity contribution in [1.82, 2.24) is 4.98 Å². The third-order valence-electron chi connectivity index (χ3n) is 2.71. The van der Waals surface area contributed by atoms with Gasteiger partial charge in [-0.05, 0) is 25.5 Å². The number of hydrogen-bond donors (Lipinski definition) is 1. The summed E-state index contributed by atoms with van der Waals surface area (Å²) in [5, 5.41) is 8.64. The summed E-state index contributed by atoms with van der Waals surface area (Å²) in [5.41, 5.74) is 6.77. The molecular weight excluding hydrogens is 200 g/mol. The van der Waals surface area contributed by atoms with Crippen LogP contribution >= 0.6 is 0 Å². The van der Waals surface area contributed by atoms with Gasteiger partial charge in [0.15, 0.2) is 0 Å². The van der Waals surface area contributed by atoms with Gasteiger partial charge in [-0.2, -0.15) is 5.26 Å². The maximum absolute atomic E-state index is 8.64. The molecule has 0 amide bonds. The highest BCUT2D eigenvalue weighted by Crippen LogP contribution is 2.16. The molecule has 86 valence electrons. The first-order valence-electron chi connectivity index (χ1n) is 5.37. The number of pyridine rings is 1. The molecule has 0 radical (unpaired) electrons. The lowest BCUT2D eigenvalue weighted by Gasteiger charge is -2.24. The lowest BCUT2D eigenvalue weighted by Crippen LogP contribution is -2.29. The summed E-state index contributed by atoms with van der Waals surface area (Å²) in [4.78, 5) is 6.33. The second-order valence-electron chi connectivity index (χ2n) is 4.06. The third kappa shape index (κ3) is 2.94. The van der Waals surface area contributed by atoms with Crippen LogP contribution in [-0.2, 0) is 0 Å². The van der Waals surface area contributed by atoms with Crippen LogP contribution in [0.4, 0.5) is 5.82 Å². The fraction of sp³-hybridized carbons (Fsp3) is 0.500. The number of hydrogen-bond acceptors (Lipinski definition) is 4. The first-order chi connectivity index (χ1) is 7.56. The monoisotopic (exact) mass is 218 g/mol. The van der Waals surface area contributed by atoms with Crippen molar-refractivity contribution in [2.45, 2.75) is 32.4 Å². The van der Waals surface area contributed by atoms with Crippen LogP contribution in [0.1, 0.15) is 31.9 Å². The lowest BCUT2D eigenvalue weighted by molar-refractivity contribution is 0.692. The quantitative estimate of drug-likeness (QED) is 0.837. The molecule has 0 saturated heterocycles. The van der Waals surface area contributed by atoms with Gasteiger partial charge in [0, 0.05) is 25.3 Å². The molecule has 1 aromatic heterocycles. The number of nitriles is 1. The Hall–Kier alpha value is -1.60. The summed E-state index contributed by atoms with van der Waals surface area (Å²) >= 11 is 0. The standard InChI is InChI=1S/C12H18N4/c1-9(6-7-13)16(3)12-5-4-11(8-15-12)10(2)14/h4-5,8-10H,6,14H2,1-3H3/t9?,10-/m1/s1. The van der Waals surface area contributed by atoms with Crippen molar-refractivity contribution in [2.24, 2.45) is 5.73 Å². The molecule has 0 aliphatic carbocycles. The molecule has 2 atom stereocenters. The highest BCUT2D eigenvalue weighted by atomic mass is 15.2. The van der Waals surface area contributed by atoms with Gasteiger partial charge >= 0.3 is 0 Å². The SMILES string of the molecule is CC(CC#N)N(C)c1ccc([C@@H](C)N)cn1. The molecule has 0 aliphatic heterocycles. The zero-order valence-corrected chi connectivity index (χ0v) is 10.0. The van der Waals surface area contributed by atoms with Crippen molar-refractivity contribution in [3.8, 4) is 6.07 Å². The molecule has 0 fully saturated rings. The summed E-state index contributed by atoms with van der Waals surface area (Å²) < 4.78 is 0. The van der Waals surface area contributed by atoms with Gasteiger partial charge in [0.1, 0.15) is 5.82 Å². The van der Waals surface area contributed by atoms with Crippen LogP contribution in [0.2, 0.25) is 0 Å². The average molecular weight is 218 g/mol. The van der Waals surface area contributed by atoms with Crippen LogP contribution in [0.3, 0.4) is 0 Å². The minimum absolute atomic E-state index is 0.00314. The van der Waals surface area contributed by atoms with E-state index in [4.69, 9.17) is 11.0 Å². The first kappa shape index (κ1) is 12.5. The van der Waals surface area contributed by atoms with E-state index in [2.05, 4.69) is 11.1 Å². The first-order valence-corrected chi connectivity index (χ1v) is 5.37. The molecule has 16 heavy (non-hydrogen) atoms. The summed E-state index contributed by atoms with van der Waals surface area (Å²) in [6.45, 7) is 3.93. The Morgan fingerprint density at radius 1 is 1.50 bits per heavy atom. The molecule has 0 bridgehead atoms. The summed E-state index contributed by atoms with van der Waals surface area (Å²) in [6.07, 6.45) is 2.28. The number of nitrogens with zero attached hydrogens (tertiary/aromatic N) is 3. The minimum atomic E-state index is 0.00314. The van der Waals surface area contributed by atoms with Crippen molar-refractivity contribution >= 4 is 5.82 Å². The van der Waals surface area contributed by atoms with E-state index in [1.807, 2.05) is 37.9 Å². The van der Waals surface area contributed by atoms with Gasteiger partial charge in [-0.1, -0.05) is 6.07 Å².